The largest absolute Gasteiger partial charge is 0.507 e. The molecule has 2 aromatic carbocycles. The van der Waals surface area contributed by atoms with Crippen molar-refractivity contribution < 1.29 is 58.9 Å². The lowest BCUT2D eigenvalue weighted by Gasteiger charge is -2.42. The van der Waals surface area contributed by atoms with Crippen molar-refractivity contribution in [2.24, 2.45) is 5.73 Å². The van der Waals surface area contributed by atoms with E-state index in [1.807, 2.05) is 0 Å². The number of rotatable bonds is 5. The molecule has 0 spiro atoms. The Morgan fingerprint density at radius 2 is 1.76 bits per heavy atom. The molecule has 244 valence electrons. The smallest absolute Gasteiger partial charge is 0.202 e. The summed E-state index contributed by atoms with van der Waals surface area (Å²) in [5, 5.41) is 53.7. The van der Waals surface area contributed by atoms with E-state index in [0.717, 1.165) is 13.2 Å². The molecule has 6 rings (SSSR count). The van der Waals surface area contributed by atoms with Gasteiger partial charge >= 0.3 is 0 Å². The number of ketones is 3. The van der Waals surface area contributed by atoms with Gasteiger partial charge in [-0.3, -0.25) is 14.4 Å². The number of aliphatic hydroxyl groups is 3. The molecule has 2 heterocycles. The Hall–Kier alpha value is -3.43. The molecule has 2 aromatic rings. The van der Waals surface area contributed by atoms with E-state index in [4.69, 9.17) is 24.7 Å². The predicted octanol–water partition coefficient (Wildman–Crippen LogP) is 1.19. The second kappa shape index (κ2) is 13.1. The number of ether oxygens (including phenoxy) is 4. The lowest BCUT2D eigenvalue weighted by atomic mass is 9.72. The van der Waals surface area contributed by atoms with Crippen molar-refractivity contribution in [3.8, 4) is 17.2 Å². The number of aromatic hydroxyl groups is 2. The standard InChI is InChI=1S/C27H29NO11.C5H10O/c1-10-22(31)13(28)6-17(38-10)39-15-8-27(36,16(30)9-29)7-12-19(15)26(35)21-20(24(12)33)23(32)11-4-3-5-14(37-2)18(11)25(21)34;1-2-4-6-5-3-1/h3-5,10,13,15,17,22,29,31,33,35-36H,6-9,28H2,1-2H3;1-5H2/t10?,13?,15-,17?,22?,27-;/m0./s1. The van der Waals surface area contributed by atoms with Crippen molar-refractivity contribution in [1.29, 1.82) is 0 Å². The Morgan fingerprint density at radius 3 is 2.33 bits per heavy atom. The minimum Gasteiger partial charge on any atom is -0.507 e. The number of phenols is 2. The minimum absolute atomic E-state index is 0.0173. The summed E-state index contributed by atoms with van der Waals surface area (Å²) < 4.78 is 22.1. The van der Waals surface area contributed by atoms with Gasteiger partial charge in [0.15, 0.2) is 17.9 Å². The Bertz CT molecular complexity index is 1460. The molecular weight excluding hydrogens is 590 g/mol. The number of aliphatic hydroxyl groups excluding tert-OH is 2. The molecule has 13 nitrogen and oxygen atoms in total. The van der Waals surface area contributed by atoms with Gasteiger partial charge in [0.1, 0.15) is 29.5 Å². The fourth-order valence-electron chi connectivity index (χ4n) is 6.44. The van der Waals surface area contributed by atoms with Gasteiger partial charge in [-0.15, -0.1) is 0 Å². The first kappa shape index (κ1) is 32.9. The lowest BCUT2D eigenvalue weighted by Crippen LogP contribution is -2.53. The zero-order valence-corrected chi connectivity index (χ0v) is 25.2. The average Bonchev–Trinajstić information content (AvgIpc) is 3.04. The number of fused-ring (bicyclic) bond motifs is 3. The monoisotopic (exact) mass is 629 g/mol. The van der Waals surface area contributed by atoms with Crippen molar-refractivity contribution >= 4 is 17.3 Å². The van der Waals surface area contributed by atoms with Crippen LogP contribution in [0.5, 0.6) is 17.2 Å². The number of phenolic OH excluding ortho intramolecular Hbond substituents is 2. The zero-order valence-electron chi connectivity index (χ0n) is 25.2. The SMILES string of the molecule is C1CCOCC1.COc1cccc2c1C(=O)c1c(O)c3c(c(O)c1C2=O)C[C@@](O)(C(=O)CO)C[C@@H]3OC1CC(N)C(O)C(C)O1. The molecular formula is C32H39NO12. The van der Waals surface area contributed by atoms with Gasteiger partial charge in [0.05, 0.1) is 42.1 Å². The summed E-state index contributed by atoms with van der Waals surface area (Å²) in [6.07, 6.45) is -1.19. The number of methoxy groups -OCH3 is 1. The summed E-state index contributed by atoms with van der Waals surface area (Å²) in [6.45, 7) is 2.56. The Kier molecular flexibility index (Phi) is 9.61. The molecule has 0 radical (unpaired) electrons. The number of carbonyl (C=O) groups excluding carboxylic acids is 3. The van der Waals surface area contributed by atoms with E-state index in [1.165, 1.54) is 44.6 Å². The summed E-state index contributed by atoms with van der Waals surface area (Å²) in [6, 6.07) is 3.64. The molecule has 0 bridgehead atoms. The maximum Gasteiger partial charge on any atom is 0.202 e. The molecule has 4 aliphatic rings. The summed E-state index contributed by atoms with van der Waals surface area (Å²) in [5.41, 5.74) is 2.37. The van der Waals surface area contributed by atoms with Gasteiger partial charge in [-0.25, -0.2) is 0 Å². The van der Waals surface area contributed by atoms with Crippen LogP contribution in [0.3, 0.4) is 0 Å². The summed E-state index contributed by atoms with van der Waals surface area (Å²) in [4.78, 5) is 39.7. The van der Waals surface area contributed by atoms with Crippen molar-refractivity contribution in [3.05, 3.63) is 51.6 Å². The van der Waals surface area contributed by atoms with Crippen LogP contribution in [0.15, 0.2) is 18.2 Å². The van der Waals surface area contributed by atoms with Crippen molar-refractivity contribution in [2.45, 2.75) is 81.7 Å². The van der Waals surface area contributed by atoms with Crippen molar-refractivity contribution in [1.82, 2.24) is 0 Å². The first-order valence-electron chi connectivity index (χ1n) is 15.0. The molecule has 2 fully saturated rings. The highest BCUT2D eigenvalue weighted by Gasteiger charge is 2.50. The second-order valence-corrected chi connectivity index (χ2v) is 11.8. The van der Waals surface area contributed by atoms with Gasteiger partial charge in [0.25, 0.3) is 0 Å². The zero-order chi connectivity index (χ0) is 32.6. The molecule has 0 saturated carbocycles. The number of benzene rings is 2. The predicted molar refractivity (Wildman–Crippen MR) is 156 cm³/mol. The highest BCUT2D eigenvalue weighted by molar-refractivity contribution is 6.31. The number of Topliss-reactive ketones (excluding diaryl/α,β-unsaturated/α-hetero) is 1. The maximum atomic E-state index is 13.6. The van der Waals surface area contributed by atoms with E-state index < -0.39 is 95.7 Å². The fourth-order valence-corrected chi connectivity index (χ4v) is 6.44. The van der Waals surface area contributed by atoms with Crippen LogP contribution in [0.1, 0.15) is 88.1 Å². The van der Waals surface area contributed by atoms with Crippen molar-refractivity contribution in [2.75, 3.05) is 26.9 Å². The molecule has 6 atom stereocenters. The van der Waals surface area contributed by atoms with E-state index in [0.29, 0.717) is 0 Å². The van der Waals surface area contributed by atoms with Crippen LogP contribution < -0.4 is 10.5 Å². The maximum absolute atomic E-state index is 13.6. The number of hydrogen-bond acceptors (Lipinski definition) is 13. The Labute approximate surface area is 259 Å². The Morgan fingerprint density at radius 1 is 1.07 bits per heavy atom. The summed E-state index contributed by atoms with van der Waals surface area (Å²) in [7, 11) is 1.32. The number of carbonyl (C=O) groups is 3. The van der Waals surface area contributed by atoms with Crippen molar-refractivity contribution in [3.63, 3.8) is 0 Å². The second-order valence-electron chi connectivity index (χ2n) is 11.8. The lowest BCUT2D eigenvalue weighted by molar-refractivity contribution is -0.247. The molecule has 0 aromatic heterocycles. The normalized spacial score (nSPS) is 29.1. The van der Waals surface area contributed by atoms with E-state index in [2.05, 4.69) is 0 Å². The van der Waals surface area contributed by atoms with E-state index in [9.17, 15) is 39.9 Å². The number of nitrogens with two attached hydrogens (primary N) is 1. The van der Waals surface area contributed by atoms with Crippen LogP contribution in [0.25, 0.3) is 0 Å². The summed E-state index contributed by atoms with van der Waals surface area (Å²) in [5.74, 6) is -3.77. The van der Waals surface area contributed by atoms with Crippen LogP contribution >= 0.6 is 0 Å². The van der Waals surface area contributed by atoms with Crippen LogP contribution in [-0.4, -0.2) is 100.0 Å². The third kappa shape index (κ3) is 5.97. The molecule has 4 unspecified atom stereocenters. The van der Waals surface area contributed by atoms with E-state index >= 15 is 0 Å². The third-order valence-corrected chi connectivity index (χ3v) is 8.88. The first-order valence-corrected chi connectivity index (χ1v) is 15.0. The Balaban J connectivity index is 0.000000598. The van der Waals surface area contributed by atoms with E-state index in [-0.39, 0.29) is 34.4 Å². The van der Waals surface area contributed by atoms with Crippen LogP contribution in [-0.2, 0) is 25.4 Å². The highest BCUT2D eigenvalue weighted by atomic mass is 16.7. The summed E-state index contributed by atoms with van der Waals surface area (Å²) >= 11 is 0. The quantitative estimate of drug-likeness (QED) is 0.219. The van der Waals surface area contributed by atoms with Gasteiger partial charge in [-0.2, -0.15) is 0 Å². The van der Waals surface area contributed by atoms with Gasteiger partial charge < -0.3 is 50.2 Å². The third-order valence-electron chi connectivity index (χ3n) is 8.88. The highest BCUT2D eigenvalue weighted by Crippen LogP contribution is 2.52. The average molecular weight is 630 g/mol. The van der Waals surface area contributed by atoms with Gasteiger partial charge in [-0.05, 0) is 32.3 Å². The van der Waals surface area contributed by atoms with Gasteiger partial charge in [0, 0.05) is 55.2 Å². The van der Waals surface area contributed by atoms with Crippen LogP contribution in [0, 0.1) is 0 Å². The number of hydrogen-bond donors (Lipinski definition) is 6. The molecule has 13 heteroatoms. The molecule has 7 N–H and O–H groups in total. The van der Waals surface area contributed by atoms with Gasteiger partial charge in [-0.1, -0.05) is 12.1 Å². The molecule has 2 aliphatic carbocycles. The molecule has 2 aliphatic heterocycles. The topological polar surface area (TPSA) is 215 Å². The van der Waals surface area contributed by atoms with E-state index in [1.54, 1.807) is 6.92 Å². The first-order chi connectivity index (χ1) is 21.4. The fraction of sp³-hybridized carbons (Fsp3) is 0.531. The molecule has 0 amide bonds. The van der Waals surface area contributed by atoms with Crippen LogP contribution in [0.4, 0.5) is 0 Å². The minimum atomic E-state index is -2.24. The molecule has 45 heavy (non-hydrogen) atoms. The van der Waals surface area contributed by atoms with Gasteiger partial charge in [0.2, 0.25) is 5.78 Å². The molecule has 2 saturated heterocycles. The van der Waals surface area contributed by atoms with Crippen LogP contribution in [0.2, 0.25) is 0 Å².